The smallest absolute Gasteiger partial charge is 0.457 e. The van der Waals surface area contributed by atoms with E-state index in [1.54, 1.807) is 6.07 Å². The molecule has 1 aromatic rings. The molecule has 21 heavy (non-hydrogen) atoms. The van der Waals surface area contributed by atoms with Gasteiger partial charge in [0.2, 0.25) is 5.50 Å². The SMILES string of the molecule is C[P+](C)(C)/C(Oc1ccccc1)=C(\[O-])C(F)(F)C(F)(F)F. The molecule has 0 aliphatic carbocycles. The molecule has 0 amide bonds. The van der Waals surface area contributed by atoms with Crippen LogP contribution < -0.4 is 9.84 Å². The first kappa shape index (κ1) is 17.7. The van der Waals surface area contributed by atoms with Gasteiger partial charge >= 0.3 is 12.1 Å². The zero-order chi connectivity index (χ0) is 16.5. The number of rotatable bonds is 4. The summed E-state index contributed by atoms with van der Waals surface area (Å²) in [5.74, 6) is -7.77. The first-order valence-corrected chi connectivity index (χ1v) is 8.91. The van der Waals surface area contributed by atoms with Gasteiger partial charge in [0.1, 0.15) is 5.75 Å². The molecule has 0 atom stereocenters. The zero-order valence-corrected chi connectivity index (χ0v) is 12.4. The van der Waals surface area contributed by atoms with E-state index in [1.165, 1.54) is 44.3 Å². The van der Waals surface area contributed by atoms with Crippen LogP contribution in [0.2, 0.25) is 0 Å². The van der Waals surface area contributed by atoms with Crippen LogP contribution in [-0.2, 0) is 0 Å². The number of hydrogen-bond donors (Lipinski definition) is 0. The molecule has 0 saturated carbocycles. The minimum absolute atomic E-state index is 0.0359. The predicted octanol–water partition coefficient (Wildman–Crippen LogP) is 3.70. The standard InChI is InChI=1S/C13H14F5O2P/c1-21(2,3)11(20-9-7-5-4-6-8-9)10(19)12(14,15)13(16,17)18/h4-8H,1-3H3/b11-10-. The van der Waals surface area contributed by atoms with E-state index in [1.807, 2.05) is 0 Å². The summed E-state index contributed by atoms with van der Waals surface area (Å²) in [5.41, 5.74) is -0.837. The molecule has 1 rings (SSSR count). The summed E-state index contributed by atoms with van der Waals surface area (Å²) in [5, 5.41) is 11.7. The summed E-state index contributed by atoms with van der Waals surface area (Å²) < 4.78 is 68.6. The van der Waals surface area contributed by atoms with E-state index in [0.29, 0.717) is 0 Å². The molecule has 0 bridgehead atoms. The van der Waals surface area contributed by atoms with Gasteiger partial charge in [0.15, 0.2) is 0 Å². The fourth-order valence-electron chi connectivity index (χ4n) is 1.35. The summed E-state index contributed by atoms with van der Waals surface area (Å²) in [6, 6.07) is 7.38. The maximum Gasteiger partial charge on any atom is 0.457 e. The van der Waals surface area contributed by atoms with Gasteiger partial charge in [0, 0.05) is 5.76 Å². The zero-order valence-electron chi connectivity index (χ0n) is 11.5. The topological polar surface area (TPSA) is 32.3 Å². The molecule has 0 aliphatic heterocycles. The van der Waals surface area contributed by atoms with Crippen LogP contribution in [0.1, 0.15) is 0 Å². The van der Waals surface area contributed by atoms with Crippen molar-refractivity contribution in [3.05, 3.63) is 41.6 Å². The Kier molecular flexibility index (Phi) is 4.88. The average Bonchev–Trinajstić information content (AvgIpc) is 2.33. The van der Waals surface area contributed by atoms with Crippen molar-refractivity contribution in [2.24, 2.45) is 0 Å². The van der Waals surface area contributed by atoms with Crippen LogP contribution in [0.15, 0.2) is 41.6 Å². The number of alkyl halides is 5. The first-order valence-electron chi connectivity index (χ1n) is 5.78. The highest BCUT2D eigenvalue weighted by Gasteiger charge is 2.59. The van der Waals surface area contributed by atoms with Gasteiger partial charge in [-0.15, -0.1) is 0 Å². The maximum absolute atomic E-state index is 13.2. The number of halogens is 5. The Hall–Kier alpha value is -1.36. The predicted molar refractivity (Wildman–Crippen MR) is 69.8 cm³/mol. The van der Waals surface area contributed by atoms with E-state index in [0.717, 1.165) is 0 Å². The third-order valence-corrected chi connectivity index (χ3v) is 3.92. The van der Waals surface area contributed by atoms with Crippen LogP contribution in [0.4, 0.5) is 22.0 Å². The van der Waals surface area contributed by atoms with Crippen molar-refractivity contribution in [3.63, 3.8) is 0 Å². The molecule has 0 aliphatic rings. The van der Waals surface area contributed by atoms with E-state index >= 15 is 0 Å². The average molecular weight is 328 g/mol. The second kappa shape index (κ2) is 5.79. The Balaban J connectivity index is 3.35. The lowest BCUT2D eigenvalue weighted by atomic mass is 10.3. The molecule has 0 unspecified atom stereocenters. The lowest BCUT2D eigenvalue weighted by Gasteiger charge is -2.30. The van der Waals surface area contributed by atoms with Gasteiger partial charge < -0.3 is 9.84 Å². The number of benzene rings is 1. The molecule has 2 nitrogen and oxygen atoms in total. The Morgan fingerprint density at radius 2 is 1.48 bits per heavy atom. The number of hydrogen-bond acceptors (Lipinski definition) is 2. The number of ether oxygens (including phenoxy) is 1. The van der Waals surface area contributed by atoms with E-state index in [-0.39, 0.29) is 5.75 Å². The Morgan fingerprint density at radius 3 is 1.86 bits per heavy atom. The Morgan fingerprint density at radius 1 is 1.00 bits per heavy atom. The lowest BCUT2D eigenvalue weighted by molar-refractivity contribution is -0.385. The quantitative estimate of drug-likeness (QED) is 0.480. The third-order valence-electron chi connectivity index (χ3n) is 2.40. The van der Waals surface area contributed by atoms with Gasteiger partial charge in [-0.3, -0.25) is 0 Å². The molecular formula is C13H14F5O2P. The molecule has 0 fully saturated rings. The first-order chi connectivity index (χ1) is 9.37. The second-order valence-electron chi connectivity index (χ2n) is 5.13. The highest BCUT2D eigenvalue weighted by molar-refractivity contribution is 7.77. The van der Waals surface area contributed by atoms with Crippen molar-refractivity contribution in [1.29, 1.82) is 0 Å². The van der Waals surface area contributed by atoms with Gasteiger partial charge in [0.25, 0.3) is 0 Å². The summed E-state index contributed by atoms with van der Waals surface area (Å²) in [6.07, 6.45) is -5.95. The minimum atomic E-state index is -5.95. The van der Waals surface area contributed by atoms with Crippen molar-refractivity contribution in [2.75, 3.05) is 20.0 Å². The lowest BCUT2D eigenvalue weighted by Crippen LogP contribution is -2.44. The molecule has 0 spiro atoms. The summed E-state index contributed by atoms with van der Waals surface area (Å²) in [6.45, 7) is 4.28. The van der Waals surface area contributed by atoms with Crippen molar-refractivity contribution in [1.82, 2.24) is 0 Å². The van der Waals surface area contributed by atoms with E-state index in [4.69, 9.17) is 4.74 Å². The highest BCUT2D eigenvalue weighted by atomic mass is 31.2. The Bertz CT molecular complexity index is 518. The van der Waals surface area contributed by atoms with Gasteiger partial charge in [-0.25, -0.2) is 0 Å². The third kappa shape index (κ3) is 4.06. The number of para-hydroxylation sites is 1. The molecule has 118 valence electrons. The van der Waals surface area contributed by atoms with E-state index in [2.05, 4.69) is 0 Å². The summed E-state index contributed by atoms with van der Waals surface area (Å²) in [7, 11) is -2.55. The van der Waals surface area contributed by atoms with Gasteiger partial charge in [0.05, 0.1) is 27.3 Å². The fraction of sp³-hybridized carbons (Fsp3) is 0.385. The molecule has 0 saturated heterocycles. The van der Waals surface area contributed by atoms with Gasteiger partial charge in [-0.05, 0) is 12.1 Å². The summed E-state index contributed by atoms with van der Waals surface area (Å²) >= 11 is 0. The van der Waals surface area contributed by atoms with E-state index < -0.39 is 30.6 Å². The van der Waals surface area contributed by atoms with Crippen LogP contribution in [0, 0.1) is 0 Å². The number of allylic oxidation sites excluding steroid dienone is 1. The van der Waals surface area contributed by atoms with Crippen molar-refractivity contribution < 1.29 is 31.8 Å². The normalized spacial score (nSPS) is 14.7. The minimum Gasteiger partial charge on any atom is -0.866 e. The molecule has 1 aromatic carbocycles. The molecular weight excluding hydrogens is 314 g/mol. The van der Waals surface area contributed by atoms with Crippen LogP contribution in [0.3, 0.4) is 0 Å². The molecule has 8 heteroatoms. The summed E-state index contributed by atoms with van der Waals surface area (Å²) in [4.78, 5) is 0. The molecule has 0 heterocycles. The van der Waals surface area contributed by atoms with Crippen molar-refractivity contribution in [3.8, 4) is 5.75 Å². The second-order valence-corrected chi connectivity index (χ2v) is 9.57. The van der Waals surface area contributed by atoms with Crippen molar-refractivity contribution in [2.45, 2.75) is 12.1 Å². The monoisotopic (exact) mass is 328 g/mol. The van der Waals surface area contributed by atoms with Crippen molar-refractivity contribution >= 4 is 7.26 Å². The largest absolute Gasteiger partial charge is 0.866 e. The Labute approximate surface area is 119 Å². The van der Waals surface area contributed by atoms with Gasteiger partial charge in [-0.2, -0.15) is 22.0 Å². The van der Waals surface area contributed by atoms with Crippen LogP contribution in [-0.4, -0.2) is 32.1 Å². The molecule has 0 N–H and O–H groups in total. The van der Waals surface area contributed by atoms with Crippen LogP contribution >= 0.6 is 7.26 Å². The van der Waals surface area contributed by atoms with Gasteiger partial charge in [-0.1, -0.05) is 18.2 Å². The van der Waals surface area contributed by atoms with Crippen LogP contribution in [0.5, 0.6) is 5.75 Å². The fourth-order valence-corrected chi connectivity index (χ4v) is 2.48. The maximum atomic E-state index is 13.2. The van der Waals surface area contributed by atoms with Crippen LogP contribution in [0.25, 0.3) is 0 Å². The molecule has 0 aromatic heterocycles. The highest BCUT2D eigenvalue weighted by Crippen LogP contribution is 2.58. The molecule has 0 radical (unpaired) electrons. The van der Waals surface area contributed by atoms with E-state index in [9.17, 15) is 27.1 Å².